The van der Waals surface area contributed by atoms with E-state index in [1.807, 2.05) is 18.2 Å². The number of benzene rings is 2. The van der Waals surface area contributed by atoms with Crippen molar-refractivity contribution >= 4 is 5.97 Å². The zero-order valence-corrected chi connectivity index (χ0v) is 11.8. The minimum atomic E-state index is -0.701. The number of aryl methyl sites for hydroxylation is 1. The van der Waals surface area contributed by atoms with Gasteiger partial charge in [0.1, 0.15) is 0 Å². The van der Waals surface area contributed by atoms with E-state index in [1.54, 1.807) is 12.1 Å². The molecular weight excluding hydrogens is 268 g/mol. The minimum Gasteiger partial charge on any atom is -0.504 e. The Hall–Kier alpha value is -2.49. The van der Waals surface area contributed by atoms with Crippen LogP contribution in [0, 0.1) is 0 Å². The molecule has 4 nitrogen and oxygen atoms in total. The van der Waals surface area contributed by atoms with Crippen molar-refractivity contribution in [1.29, 1.82) is 0 Å². The van der Waals surface area contributed by atoms with Gasteiger partial charge in [0.25, 0.3) is 0 Å². The Morgan fingerprint density at radius 3 is 1.81 bits per heavy atom. The van der Waals surface area contributed by atoms with Crippen LogP contribution in [0.3, 0.4) is 0 Å². The number of hydrogen-bond acceptors (Lipinski definition) is 3. The van der Waals surface area contributed by atoms with Gasteiger partial charge in [-0.25, -0.2) is 0 Å². The molecule has 0 aliphatic heterocycles. The van der Waals surface area contributed by atoms with E-state index >= 15 is 0 Å². The average Bonchev–Trinajstić information content (AvgIpc) is 2.48. The van der Waals surface area contributed by atoms with Crippen LogP contribution in [-0.2, 0) is 11.2 Å². The van der Waals surface area contributed by atoms with Gasteiger partial charge in [-0.3, -0.25) is 4.79 Å². The van der Waals surface area contributed by atoms with Crippen molar-refractivity contribution in [2.45, 2.75) is 25.7 Å². The van der Waals surface area contributed by atoms with Gasteiger partial charge in [0, 0.05) is 6.42 Å². The number of carbonyl (C=O) groups is 1. The third kappa shape index (κ3) is 7.62. The van der Waals surface area contributed by atoms with Gasteiger partial charge in [0.05, 0.1) is 0 Å². The maximum absolute atomic E-state index is 10.2. The lowest BCUT2D eigenvalue weighted by Crippen LogP contribution is -1.94. The van der Waals surface area contributed by atoms with Crippen molar-refractivity contribution in [2.24, 2.45) is 0 Å². The molecule has 2 aromatic carbocycles. The Balaban J connectivity index is 0.000000235. The molecule has 0 bridgehead atoms. The van der Waals surface area contributed by atoms with Crippen LogP contribution in [0.25, 0.3) is 0 Å². The highest BCUT2D eigenvalue weighted by molar-refractivity contribution is 5.66. The standard InChI is InChI=1S/C11H14O2.C6H6O2/c12-11(13)9-5-4-8-10-6-2-1-3-7-10;7-5-3-1-2-4-6(5)8/h1-3,6-7H,4-5,8-9H2,(H,12,13);1-4,7-8H. The third-order valence-corrected chi connectivity index (χ3v) is 2.83. The highest BCUT2D eigenvalue weighted by atomic mass is 16.4. The Bertz CT molecular complexity index is 516. The largest absolute Gasteiger partial charge is 0.504 e. The van der Waals surface area contributed by atoms with E-state index in [1.165, 1.54) is 17.7 Å². The number of aliphatic carboxylic acids is 1. The van der Waals surface area contributed by atoms with Gasteiger partial charge < -0.3 is 15.3 Å². The van der Waals surface area contributed by atoms with Crippen molar-refractivity contribution in [1.82, 2.24) is 0 Å². The Labute approximate surface area is 124 Å². The van der Waals surface area contributed by atoms with E-state index in [0.29, 0.717) is 0 Å². The van der Waals surface area contributed by atoms with Crippen LogP contribution >= 0.6 is 0 Å². The highest BCUT2D eigenvalue weighted by Crippen LogP contribution is 2.21. The van der Waals surface area contributed by atoms with Crippen LogP contribution in [0.2, 0.25) is 0 Å². The molecule has 112 valence electrons. The fourth-order valence-corrected chi connectivity index (χ4v) is 1.71. The van der Waals surface area contributed by atoms with Crippen LogP contribution in [0.5, 0.6) is 11.5 Å². The van der Waals surface area contributed by atoms with Gasteiger partial charge in [0.15, 0.2) is 11.5 Å². The summed E-state index contributed by atoms with van der Waals surface area (Å²) in [5.41, 5.74) is 1.29. The van der Waals surface area contributed by atoms with E-state index < -0.39 is 5.97 Å². The highest BCUT2D eigenvalue weighted by Gasteiger charge is 1.96. The molecule has 0 saturated carbocycles. The molecule has 21 heavy (non-hydrogen) atoms. The molecule has 2 aromatic rings. The summed E-state index contributed by atoms with van der Waals surface area (Å²) in [6.07, 6.45) is 2.99. The second-order valence-electron chi connectivity index (χ2n) is 4.58. The maximum Gasteiger partial charge on any atom is 0.303 e. The molecule has 0 heterocycles. The summed E-state index contributed by atoms with van der Waals surface area (Å²) in [6.45, 7) is 0. The SMILES string of the molecule is O=C(O)CCCCc1ccccc1.Oc1ccccc1O. The van der Waals surface area contributed by atoms with E-state index in [2.05, 4.69) is 12.1 Å². The second-order valence-corrected chi connectivity index (χ2v) is 4.58. The Morgan fingerprint density at radius 1 is 0.810 bits per heavy atom. The van der Waals surface area contributed by atoms with E-state index in [9.17, 15) is 4.79 Å². The summed E-state index contributed by atoms with van der Waals surface area (Å²) in [5.74, 6) is -0.854. The third-order valence-electron chi connectivity index (χ3n) is 2.83. The van der Waals surface area contributed by atoms with Crippen LogP contribution in [0.1, 0.15) is 24.8 Å². The molecule has 0 saturated heterocycles. The first-order chi connectivity index (χ1) is 10.1. The number of carboxylic acid groups (broad SMARTS) is 1. The molecule has 0 aliphatic carbocycles. The lowest BCUT2D eigenvalue weighted by atomic mass is 10.1. The fourth-order valence-electron chi connectivity index (χ4n) is 1.71. The predicted octanol–water partition coefficient (Wildman–Crippen LogP) is 3.58. The van der Waals surface area contributed by atoms with Crippen LogP contribution < -0.4 is 0 Å². The molecule has 0 spiro atoms. The molecule has 0 radical (unpaired) electrons. The number of rotatable bonds is 5. The van der Waals surface area contributed by atoms with Gasteiger partial charge in [-0.15, -0.1) is 0 Å². The number of para-hydroxylation sites is 2. The number of hydrogen-bond donors (Lipinski definition) is 3. The molecule has 0 amide bonds. The van der Waals surface area contributed by atoms with Crippen molar-refractivity contribution in [3.63, 3.8) is 0 Å². The number of unbranched alkanes of at least 4 members (excludes halogenated alkanes) is 1. The molecule has 0 fully saturated rings. The first-order valence-corrected chi connectivity index (χ1v) is 6.82. The molecule has 4 heteroatoms. The molecule has 0 unspecified atom stereocenters. The second kappa shape index (κ2) is 9.42. The summed E-state index contributed by atoms with van der Waals surface area (Å²) in [6, 6.07) is 16.3. The van der Waals surface area contributed by atoms with E-state index in [0.717, 1.165) is 19.3 Å². The van der Waals surface area contributed by atoms with Crippen molar-refractivity contribution in [3.05, 3.63) is 60.2 Å². The average molecular weight is 288 g/mol. The van der Waals surface area contributed by atoms with Crippen LogP contribution in [0.4, 0.5) is 0 Å². The summed E-state index contributed by atoms with van der Waals surface area (Å²) < 4.78 is 0. The first kappa shape index (κ1) is 16.6. The van der Waals surface area contributed by atoms with Gasteiger partial charge in [-0.2, -0.15) is 0 Å². The zero-order valence-electron chi connectivity index (χ0n) is 11.8. The summed E-state index contributed by atoms with van der Waals surface area (Å²) in [5, 5.41) is 25.7. The predicted molar refractivity (Wildman–Crippen MR) is 81.4 cm³/mol. The molecule has 0 aromatic heterocycles. The van der Waals surface area contributed by atoms with Gasteiger partial charge in [0.2, 0.25) is 0 Å². The maximum atomic E-state index is 10.2. The van der Waals surface area contributed by atoms with Crippen molar-refractivity contribution in [2.75, 3.05) is 0 Å². The molecule has 2 rings (SSSR count). The Morgan fingerprint density at radius 2 is 1.33 bits per heavy atom. The number of phenolic OH excluding ortho intramolecular Hbond substituents is 2. The lowest BCUT2D eigenvalue weighted by Gasteiger charge is -1.98. The number of phenols is 2. The molecule has 3 N–H and O–H groups in total. The van der Waals surface area contributed by atoms with Crippen molar-refractivity contribution in [3.8, 4) is 11.5 Å². The topological polar surface area (TPSA) is 77.8 Å². The molecule has 0 atom stereocenters. The normalized spacial score (nSPS) is 9.52. The van der Waals surface area contributed by atoms with Gasteiger partial charge >= 0.3 is 5.97 Å². The Kier molecular flexibility index (Phi) is 7.43. The summed E-state index contributed by atoms with van der Waals surface area (Å²) in [7, 11) is 0. The smallest absolute Gasteiger partial charge is 0.303 e. The fraction of sp³-hybridized carbons (Fsp3) is 0.235. The molecule has 0 aliphatic rings. The van der Waals surface area contributed by atoms with Crippen molar-refractivity contribution < 1.29 is 20.1 Å². The number of aromatic hydroxyl groups is 2. The minimum absolute atomic E-state index is 0.0764. The molecular formula is C17H20O4. The van der Waals surface area contributed by atoms with Gasteiger partial charge in [-0.05, 0) is 37.0 Å². The monoisotopic (exact) mass is 288 g/mol. The lowest BCUT2D eigenvalue weighted by molar-refractivity contribution is -0.137. The number of carboxylic acids is 1. The van der Waals surface area contributed by atoms with Crippen LogP contribution in [0.15, 0.2) is 54.6 Å². The van der Waals surface area contributed by atoms with Gasteiger partial charge in [-0.1, -0.05) is 42.5 Å². The first-order valence-electron chi connectivity index (χ1n) is 6.82. The summed E-state index contributed by atoms with van der Waals surface area (Å²) in [4.78, 5) is 10.2. The summed E-state index contributed by atoms with van der Waals surface area (Å²) >= 11 is 0. The van der Waals surface area contributed by atoms with E-state index in [4.69, 9.17) is 15.3 Å². The zero-order chi connectivity index (χ0) is 15.5. The van der Waals surface area contributed by atoms with Crippen LogP contribution in [-0.4, -0.2) is 21.3 Å². The van der Waals surface area contributed by atoms with E-state index in [-0.39, 0.29) is 17.9 Å². The quantitative estimate of drug-likeness (QED) is 0.580.